The lowest BCUT2D eigenvalue weighted by molar-refractivity contribution is -0.103. The molecule has 0 aliphatic rings. The molecule has 0 fully saturated rings. The summed E-state index contributed by atoms with van der Waals surface area (Å²) in [6.07, 6.45) is 0.622. The maximum atomic E-state index is 12.7. The molecule has 0 bridgehead atoms. The highest BCUT2D eigenvalue weighted by Crippen LogP contribution is 2.19. The quantitative estimate of drug-likeness (QED) is 0.528. The van der Waals surface area contributed by atoms with Crippen LogP contribution in [-0.2, 0) is 4.79 Å². The standard InChI is InChI=1S/C10H8ClFO/c1-7(11)10(6-13)8-3-2-4-9(12)5-8/h2-6H,1H3/b10-7+. The van der Waals surface area contributed by atoms with Crippen molar-refractivity contribution < 1.29 is 9.18 Å². The molecule has 0 aliphatic heterocycles. The zero-order valence-electron chi connectivity index (χ0n) is 7.05. The van der Waals surface area contributed by atoms with Crippen molar-refractivity contribution in [3.8, 4) is 0 Å². The topological polar surface area (TPSA) is 17.1 Å². The molecule has 1 rings (SSSR count). The third kappa shape index (κ3) is 2.39. The summed E-state index contributed by atoms with van der Waals surface area (Å²) < 4.78 is 12.7. The first kappa shape index (κ1) is 9.93. The molecule has 3 heteroatoms. The first-order chi connectivity index (χ1) is 6.15. The number of benzene rings is 1. The Morgan fingerprint density at radius 2 is 2.23 bits per heavy atom. The Morgan fingerprint density at radius 3 is 2.69 bits per heavy atom. The van der Waals surface area contributed by atoms with Crippen LogP contribution in [0.1, 0.15) is 12.5 Å². The van der Waals surface area contributed by atoms with E-state index in [-0.39, 0.29) is 5.82 Å². The van der Waals surface area contributed by atoms with Gasteiger partial charge in [-0.2, -0.15) is 0 Å². The van der Waals surface area contributed by atoms with Gasteiger partial charge < -0.3 is 0 Å². The summed E-state index contributed by atoms with van der Waals surface area (Å²) in [4.78, 5) is 10.6. The Bertz CT molecular complexity index is 354. The van der Waals surface area contributed by atoms with Gasteiger partial charge in [-0.25, -0.2) is 4.39 Å². The summed E-state index contributed by atoms with van der Waals surface area (Å²) in [6, 6.07) is 5.76. The lowest BCUT2D eigenvalue weighted by Gasteiger charge is -2.00. The number of allylic oxidation sites excluding steroid dienone is 2. The van der Waals surface area contributed by atoms with Gasteiger partial charge in [0.25, 0.3) is 0 Å². The van der Waals surface area contributed by atoms with Crippen LogP contribution in [-0.4, -0.2) is 6.29 Å². The van der Waals surface area contributed by atoms with Gasteiger partial charge in [0.15, 0.2) is 6.29 Å². The zero-order chi connectivity index (χ0) is 9.84. The molecule has 0 saturated heterocycles. The van der Waals surface area contributed by atoms with E-state index in [0.29, 0.717) is 22.5 Å². The van der Waals surface area contributed by atoms with Crippen LogP contribution in [0.3, 0.4) is 0 Å². The van der Waals surface area contributed by atoms with Gasteiger partial charge in [0.2, 0.25) is 0 Å². The fourth-order valence-corrected chi connectivity index (χ4v) is 1.16. The summed E-state index contributed by atoms with van der Waals surface area (Å²) in [5.41, 5.74) is 0.823. The number of hydrogen-bond acceptors (Lipinski definition) is 1. The molecule has 13 heavy (non-hydrogen) atoms. The lowest BCUT2D eigenvalue weighted by Crippen LogP contribution is -1.88. The van der Waals surface area contributed by atoms with Crippen molar-refractivity contribution in [1.82, 2.24) is 0 Å². The Hall–Kier alpha value is -1.15. The third-order valence-corrected chi connectivity index (χ3v) is 1.83. The van der Waals surface area contributed by atoms with E-state index < -0.39 is 0 Å². The van der Waals surface area contributed by atoms with E-state index in [2.05, 4.69) is 0 Å². The van der Waals surface area contributed by atoms with Gasteiger partial charge in [0, 0.05) is 10.6 Å². The van der Waals surface area contributed by atoms with Crippen molar-refractivity contribution in [2.75, 3.05) is 0 Å². The smallest absolute Gasteiger partial charge is 0.151 e. The second kappa shape index (κ2) is 4.19. The highest BCUT2D eigenvalue weighted by Gasteiger charge is 2.03. The van der Waals surface area contributed by atoms with Crippen molar-refractivity contribution in [3.05, 3.63) is 40.7 Å². The van der Waals surface area contributed by atoms with Crippen LogP contribution in [0.2, 0.25) is 0 Å². The second-order valence-electron chi connectivity index (χ2n) is 2.58. The molecule has 68 valence electrons. The first-order valence-corrected chi connectivity index (χ1v) is 4.10. The van der Waals surface area contributed by atoms with Crippen molar-refractivity contribution in [3.63, 3.8) is 0 Å². The van der Waals surface area contributed by atoms with E-state index in [4.69, 9.17) is 11.6 Å². The van der Waals surface area contributed by atoms with E-state index in [0.717, 1.165) is 0 Å². The maximum Gasteiger partial charge on any atom is 0.151 e. The van der Waals surface area contributed by atoms with Crippen molar-refractivity contribution in [2.45, 2.75) is 6.92 Å². The largest absolute Gasteiger partial charge is 0.298 e. The van der Waals surface area contributed by atoms with Crippen LogP contribution in [0.5, 0.6) is 0 Å². The highest BCUT2D eigenvalue weighted by atomic mass is 35.5. The van der Waals surface area contributed by atoms with E-state index in [9.17, 15) is 9.18 Å². The summed E-state index contributed by atoms with van der Waals surface area (Å²) >= 11 is 5.66. The predicted molar refractivity (Wildman–Crippen MR) is 50.9 cm³/mol. The Labute approximate surface area is 80.8 Å². The highest BCUT2D eigenvalue weighted by molar-refractivity contribution is 6.36. The fraction of sp³-hybridized carbons (Fsp3) is 0.100. The van der Waals surface area contributed by atoms with Crippen LogP contribution in [0.15, 0.2) is 29.3 Å². The maximum absolute atomic E-state index is 12.7. The monoisotopic (exact) mass is 198 g/mol. The molecule has 1 aromatic carbocycles. The van der Waals surface area contributed by atoms with Crippen molar-refractivity contribution >= 4 is 23.5 Å². The molecular formula is C10H8ClFO. The van der Waals surface area contributed by atoms with E-state index in [1.165, 1.54) is 18.2 Å². The van der Waals surface area contributed by atoms with E-state index >= 15 is 0 Å². The molecule has 1 nitrogen and oxygen atoms in total. The van der Waals surface area contributed by atoms with Crippen LogP contribution >= 0.6 is 11.6 Å². The number of rotatable bonds is 2. The molecule has 0 unspecified atom stereocenters. The molecule has 0 atom stereocenters. The van der Waals surface area contributed by atoms with Crippen molar-refractivity contribution in [1.29, 1.82) is 0 Å². The van der Waals surface area contributed by atoms with Crippen LogP contribution in [0, 0.1) is 5.82 Å². The van der Waals surface area contributed by atoms with E-state index in [1.54, 1.807) is 13.0 Å². The van der Waals surface area contributed by atoms with Gasteiger partial charge in [-0.1, -0.05) is 23.7 Å². The molecule has 0 saturated carbocycles. The minimum atomic E-state index is -0.380. The number of aldehydes is 1. The normalized spacial score (nSPS) is 12.2. The van der Waals surface area contributed by atoms with Gasteiger partial charge in [0.05, 0.1) is 0 Å². The molecular weight excluding hydrogens is 191 g/mol. The third-order valence-electron chi connectivity index (χ3n) is 1.62. The number of hydrogen-bond donors (Lipinski definition) is 0. The minimum Gasteiger partial charge on any atom is -0.298 e. The molecule has 0 spiro atoms. The summed E-state index contributed by atoms with van der Waals surface area (Å²) in [5.74, 6) is -0.380. The van der Waals surface area contributed by atoms with Gasteiger partial charge in [0.1, 0.15) is 5.82 Å². The van der Waals surface area contributed by atoms with Crippen LogP contribution < -0.4 is 0 Å². The van der Waals surface area contributed by atoms with Gasteiger partial charge >= 0.3 is 0 Å². The molecule has 0 aromatic heterocycles. The molecule has 0 N–H and O–H groups in total. The Kier molecular flexibility index (Phi) is 3.20. The van der Waals surface area contributed by atoms with Crippen LogP contribution in [0.4, 0.5) is 4.39 Å². The van der Waals surface area contributed by atoms with Gasteiger partial charge in [-0.3, -0.25) is 4.79 Å². The van der Waals surface area contributed by atoms with E-state index in [1.807, 2.05) is 0 Å². The Morgan fingerprint density at radius 1 is 1.54 bits per heavy atom. The molecule has 0 heterocycles. The Balaban J connectivity index is 3.21. The fourth-order valence-electron chi connectivity index (χ4n) is 1.00. The molecule has 0 radical (unpaired) electrons. The number of halogens is 2. The van der Waals surface area contributed by atoms with Gasteiger partial charge in [-0.05, 0) is 24.6 Å². The molecule has 1 aromatic rings. The molecule has 0 amide bonds. The predicted octanol–water partition coefficient (Wildman–Crippen LogP) is 2.99. The number of carbonyl (C=O) groups excluding carboxylic acids is 1. The molecule has 0 aliphatic carbocycles. The summed E-state index contributed by atoms with van der Waals surface area (Å²) in [7, 11) is 0. The minimum absolute atomic E-state index is 0.321. The zero-order valence-corrected chi connectivity index (χ0v) is 7.81. The van der Waals surface area contributed by atoms with Crippen molar-refractivity contribution in [2.24, 2.45) is 0 Å². The summed E-state index contributed by atoms with van der Waals surface area (Å²) in [5, 5.41) is 0.362. The lowest BCUT2D eigenvalue weighted by atomic mass is 10.1. The van der Waals surface area contributed by atoms with Crippen LogP contribution in [0.25, 0.3) is 5.57 Å². The van der Waals surface area contributed by atoms with Gasteiger partial charge in [-0.15, -0.1) is 0 Å². The second-order valence-corrected chi connectivity index (χ2v) is 3.14. The average Bonchev–Trinajstić information content (AvgIpc) is 2.04. The summed E-state index contributed by atoms with van der Waals surface area (Å²) in [6.45, 7) is 1.59. The SMILES string of the molecule is C/C(Cl)=C(/C=O)c1cccc(F)c1. The first-order valence-electron chi connectivity index (χ1n) is 3.72. The number of carbonyl (C=O) groups is 1. The average molecular weight is 199 g/mol.